The van der Waals surface area contributed by atoms with Crippen LogP contribution in [0.25, 0.3) is 0 Å². The number of halogens is 17. The topological polar surface area (TPSA) is 74.6 Å². The molecule has 0 aromatic rings. The van der Waals surface area contributed by atoms with Crippen LogP contribution in [0.4, 0.5) is 74.6 Å². The summed E-state index contributed by atoms with van der Waals surface area (Å²) in [7, 11) is 0. The van der Waals surface area contributed by atoms with Crippen LogP contribution in [0.15, 0.2) is 0 Å². The molecule has 1 atom stereocenters. The van der Waals surface area contributed by atoms with Gasteiger partial charge in [-0.05, 0) is 0 Å². The summed E-state index contributed by atoms with van der Waals surface area (Å²) in [4.78, 5) is 21.5. The highest BCUT2D eigenvalue weighted by atomic mass is 32.2. The molecular formula is C14H9F17O4S. The van der Waals surface area contributed by atoms with E-state index < -0.39 is 95.2 Å². The molecule has 0 aromatic carbocycles. The molecule has 0 aliphatic heterocycles. The van der Waals surface area contributed by atoms with E-state index in [4.69, 9.17) is 10.2 Å². The van der Waals surface area contributed by atoms with Crippen LogP contribution in [0.2, 0.25) is 0 Å². The van der Waals surface area contributed by atoms with E-state index in [0.29, 0.717) is 0 Å². The number of thioether (sulfide) groups is 1. The van der Waals surface area contributed by atoms with Gasteiger partial charge in [-0.15, -0.1) is 0 Å². The number of carbonyl (C=O) groups is 2. The van der Waals surface area contributed by atoms with Gasteiger partial charge in [0.15, 0.2) is 11.2 Å². The Balaban J connectivity index is 6.16. The minimum absolute atomic E-state index is 0.403. The van der Waals surface area contributed by atoms with Gasteiger partial charge in [0.05, 0.1) is 0 Å². The van der Waals surface area contributed by atoms with Crippen molar-refractivity contribution in [2.75, 3.05) is 5.75 Å². The second-order valence-electron chi connectivity index (χ2n) is 6.69. The van der Waals surface area contributed by atoms with E-state index in [9.17, 15) is 84.2 Å². The normalized spacial score (nSPS) is 16.2. The first kappa shape index (κ1) is 34.3. The molecule has 0 saturated carbocycles. The van der Waals surface area contributed by atoms with Crippen molar-refractivity contribution in [1.82, 2.24) is 0 Å². The molecule has 0 radical (unpaired) electrons. The number of alkyl halides is 17. The zero-order chi connectivity index (χ0) is 29.6. The summed E-state index contributed by atoms with van der Waals surface area (Å²) in [6.45, 7) is 0. The van der Waals surface area contributed by atoms with Crippen molar-refractivity contribution in [2.45, 2.75) is 66.6 Å². The number of carboxylic acid groups (broad SMARTS) is 1. The lowest BCUT2D eigenvalue weighted by Gasteiger charge is -2.42. The van der Waals surface area contributed by atoms with Gasteiger partial charge in [0.2, 0.25) is 0 Å². The first-order valence-electron chi connectivity index (χ1n) is 8.25. The lowest BCUT2D eigenvalue weighted by molar-refractivity contribution is -0.461. The van der Waals surface area contributed by atoms with E-state index >= 15 is 0 Å². The number of carbonyl (C=O) groups excluding carboxylic acids is 1. The minimum Gasteiger partial charge on any atom is -0.479 e. The summed E-state index contributed by atoms with van der Waals surface area (Å²) in [5, 5.41) is 15.3. The van der Waals surface area contributed by atoms with Crippen molar-refractivity contribution in [3.8, 4) is 0 Å². The monoisotopic (exact) mass is 596 g/mol. The van der Waals surface area contributed by atoms with Crippen LogP contribution >= 0.6 is 11.8 Å². The van der Waals surface area contributed by atoms with Gasteiger partial charge in [0.1, 0.15) is 0 Å². The molecule has 0 spiro atoms. The van der Waals surface area contributed by atoms with Crippen LogP contribution in [0, 0.1) is 0 Å². The van der Waals surface area contributed by atoms with Gasteiger partial charge in [-0.3, -0.25) is 4.79 Å². The number of hydrogen-bond acceptors (Lipinski definition) is 4. The summed E-state index contributed by atoms with van der Waals surface area (Å²) < 4.78 is 222. The van der Waals surface area contributed by atoms with Crippen LogP contribution in [0.3, 0.4) is 0 Å². The van der Waals surface area contributed by atoms with Crippen molar-refractivity contribution in [3.63, 3.8) is 0 Å². The summed E-state index contributed by atoms with van der Waals surface area (Å²) in [6.07, 6.45) is -15.2. The third-order valence-corrected chi connectivity index (χ3v) is 5.13. The highest BCUT2D eigenvalue weighted by Gasteiger charge is 2.95. The zero-order valence-electron chi connectivity index (χ0n) is 16.2. The van der Waals surface area contributed by atoms with Crippen molar-refractivity contribution >= 4 is 22.8 Å². The summed E-state index contributed by atoms with van der Waals surface area (Å²) in [5.41, 5.74) is 0. The Bertz CT molecular complexity index is 823. The largest absolute Gasteiger partial charge is 0.479 e. The van der Waals surface area contributed by atoms with E-state index in [2.05, 4.69) is 0 Å². The SMILES string of the molecule is O=C(CCC(F)(F)C(F)(F)C(F)(F)C(F)(F)C(F)(F)C(F)(F)C(F)(F)C(F)(F)F)SCC(O)C(=O)O. The molecule has 36 heavy (non-hydrogen) atoms. The molecule has 0 aromatic heterocycles. The van der Waals surface area contributed by atoms with Crippen LogP contribution < -0.4 is 0 Å². The zero-order valence-corrected chi connectivity index (χ0v) is 17.1. The summed E-state index contributed by atoms with van der Waals surface area (Å²) >= 11 is -0.403. The van der Waals surface area contributed by atoms with Crippen LogP contribution in [-0.4, -0.2) is 80.8 Å². The predicted octanol–water partition coefficient (Wildman–Crippen LogP) is 5.48. The predicted molar refractivity (Wildman–Crippen MR) is 81.0 cm³/mol. The average molecular weight is 596 g/mol. The number of rotatable bonds is 12. The maximum Gasteiger partial charge on any atom is 0.460 e. The van der Waals surface area contributed by atoms with Gasteiger partial charge in [-0.1, -0.05) is 11.8 Å². The molecule has 0 fully saturated rings. The highest BCUT2D eigenvalue weighted by molar-refractivity contribution is 8.13. The van der Waals surface area contributed by atoms with E-state index in [1.807, 2.05) is 0 Å². The molecule has 0 aliphatic carbocycles. The number of hydrogen-bond donors (Lipinski definition) is 2. The van der Waals surface area contributed by atoms with Gasteiger partial charge in [-0.25, -0.2) is 4.79 Å². The quantitative estimate of drug-likeness (QED) is 0.292. The molecule has 0 amide bonds. The lowest BCUT2D eigenvalue weighted by Crippen LogP contribution is -2.74. The second kappa shape index (κ2) is 9.86. The Morgan fingerprint density at radius 1 is 0.611 bits per heavy atom. The fraction of sp³-hybridized carbons (Fsp3) is 0.857. The molecular weight excluding hydrogens is 587 g/mol. The minimum atomic E-state index is -8.74. The molecule has 0 saturated heterocycles. The average Bonchev–Trinajstić information content (AvgIpc) is 2.68. The van der Waals surface area contributed by atoms with Crippen molar-refractivity contribution in [1.29, 1.82) is 0 Å². The summed E-state index contributed by atoms with van der Waals surface area (Å²) in [6, 6.07) is 0. The Labute approximate surface area is 190 Å². The molecule has 4 nitrogen and oxygen atoms in total. The van der Waals surface area contributed by atoms with Crippen molar-refractivity contribution < 1.29 is 94.4 Å². The fourth-order valence-corrected chi connectivity index (χ4v) is 2.66. The Morgan fingerprint density at radius 2 is 0.944 bits per heavy atom. The van der Waals surface area contributed by atoms with Crippen molar-refractivity contribution in [2.24, 2.45) is 0 Å². The Morgan fingerprint density at radius 3 is 1.28 bits per heavy atom. The van der Waals surface area contributed by atoms with E-state index in [0.717, 1.165) is 0 Å². The van der Waals surface area contributed by atoms with Crippen LogP contribution in [-0.2, 0) is 9.59 Å². The number of carboxylic acids is 1. The van der Waals surface area contributed by atoms with E-state index in [1.165, 1.54) is 0 Å². The van der Waals surface area contributed by atoms with Gasteiger partial charge < -0.3 is 10.2 Å². The van der Waals surface area contributed by atoms with Gasteiger partial charge in [0, 0.05) is 18.6 Å². The maximum absolute atomic E-state index is 13.6. The maximum atomic E-state index is 13.6. The van der Waals surface area contributed by atoms with Gasteiger partial charge in [-0.2, -0.15) is 74.6 Å². The Kier molecular flexibility index (Phi) is 9.38. The number of aliphatic hydroxyl groups is 1. The first-order chi connectivity index (χ1) is 15.5. The third-order valence-electron chi connectivity index (χ3n) is 4.12. The second-order valence-corrected chi connectivity index (χ2v) is 7.76. The molecule has 214 valence electrons. The lowest BCUT2D eigenvalue weighted by atomic mass is 9.88. The highest BCUT2D eigenvalue weighted by Crippen LogP contribution is 2.64. The molecule has 1 unspecified atom stereocenters. The van der Waals surface area contributed by atoms with E-state index in [1.54, 1.807) is 0 Å². The fourth-order valence-electron chi connectivity index (χ4n) is 1.93. The standard InChI is InChI=1S/C14H9F17O4S/c15-7(16,2-1-5(33)36-3-4(32)6(34)35)8(17,18)9(19,20)10(21,22)11(23,24)12(25,26)13(27,28)14(29,30)31/h4,32H,1-3H2,(H,34,35). The van der Waals surface area contributed by atoms with Gasteiger partial charge >= 0.3 is 53.6 Å². The van der Waals surface area contributed by atoms with Crippen LogP contribution in [0.1, 0.15) is 12.8 Å². The Hall–Kier alpha value is -1.74. The van der Waals surface area contributed by atoms with Crippen LogP contribution in [0.5, 0.6) is 0 Å². The molecule has 2 N–H and O–H groups in total. The molecule has 22 heteroatoms. The molecule has 0 rings (SSSR count). The summed E-state index contributed by atoms with van der Waals surface area (Å²) in [5.74, 6) is -60.5. The van der Waals surface area contributed by atoms with E-state index in [-0.39, 0.29) is 0 Å². The molecule has 0 bridgehead atoms. The molecule has 0 heterocycles. The van der Waals surface area contributed by atoms with Crippen molar-refractivity contribution in [3.05, 3.63) is 0 Å². The number of aliphatic carboxylic acids is 1. The first-order valence-corrected chi connectivity index (χ1v) is 9.24. The number of aliphatic hydroxyl groups excluding tert-OH is 1. The third kappa shape index (κ3) is 5.42. The molecule has 0 aliphatic rings. The smallest absolute Gasteiger partial charge is 0.460 e. The van der Waals surface area contributed by atoms with Gasteiger partial charge in [0.25, 0.3) is 0 Å².